The van der Waals surface area contributed by atoms with E-state index < -0.39 is 0 Å². The summed E-state index contributed by atoms with van der Waals surface area (Å²) < 4.78 is 0. The van der Waals surface area contributed by atoms with E-state index in [-0.39, 0.29) is 0 Å². The molecule has 1 aromatic heterocycles. The Morgan fingerprint density at radius 3 is 2.69 bits per heavy atom. The molecular weight excluding hydrogens is 186 g/mol. The Bertz CT molecular complexity index is 308. The lowest BCUT2D eigenvalue weighted by Crippen LogP contribution is -2.20. The van der Waals surface area contributed by atoms with E-state index in [1.165, 1.54) is 12.8 Å². The fourth-order valence-corrected chi connectivity index (χ4v) is 1.61. The average molecular weight is 198 g/mol. The van der Waals surface area contributed by atoms with E-state index in [1.807, 2.05) is 6.92 Å². The van der Waals surface area contributed by atoms with Gasteiger partial charge in [-0.25, -0.2) is 9.97 Å². The summed E-state index contributed by atoms with van der Waals surface area (Å²) >= 11 is 5.91. The van der Waals surface area contributed by atoms with Crippen LogP contribution in [-0.4, -0.2) is 23.1 Å². The molecule has 1 aliphatic heterocycles. The van der Waals surface area contributed by atoms with Gasteiger partial charge in [0.05, 0.1) is 0 Å². The molecule has 70 valence electrons. The Balaban J connectivity index is 2.25. The Kier molecular flexibility index (Phi) is 2.36. The summed E-state index contributed by atoms with van der Waals surface area (Å²) in [5.41, 5.74) is 0.935. The van der Waals surface area contributed by atoms with Crippen molar-refractivity contribution in [2.24, 2.45) is 0 Å². The molecule has 0 aromatic carbocycles. The number of nitrogens with zero attached hydrogens (tertiary/aromatic N) is 3. The van der Waals surface area contributed by atoms with Crippen LogP contribution < -0.4 is 4.90 Å². The molecule has 13 heavy (non-hydrogen) atoms. The second kappa shape index (κ2) is 3.50. The van der Waals surface area contributed by atoms with Crippen molar-refractivity contribution in [3.63, 3.8) is 0 Å². The summed E-state index contributed by atoms with van der Waals surface area (Å²) in [7, 11) is 0. The maximum atomic E-state index is 5.91. The first-order valence-corrected chi connectivity index (χ1v) is 4.89. The van der Waals surface area contributed by atoms with Gasteiger partial charge in [-0.15, -0.1) is 0 Å². The molecule has 0 N–H and O–H groups in total. The van der Waals surface area contributed by atoms with Gasteiger partial charge < -0.3 is 4.90 Å². The molecule has 0 aliphatic carbocycles. The first kappa shape index (κ1) is 8.75. The minimum atomic E-state index is 0.567. The van der Waals surface area contributed by atoms with Gasteiger partial charge in [-0.3, -0.25) is 0 Å². The highest BCUT2D eigenvalue weighted by molar-refractivity contribution is 6.30. The summed E-state index contributed by atoms with van der Waals surface area (Å²) in [5.74, 6) is 0.771. The average Bonchev–Trinajstić information content (AvgIpc) is 2.62. The number of aromatic nitrogens is 2. The molecule has 1 aromatic rings. The highest BCUT2D eigenvalue weighted by atomic mass is 35.5. The third-order valence-corrected chi connectivity index (χ3v) is 2.67. The smallest absolute Gasteiger partial charge is 0.226 e. The number of aryl methyl sites for hydroxylation is 1. The minimum Gasteiger partial charge on any atom is -0.341 e. The summed E-state index contributed by atoms with van der Waals surface area (Å²) in [6.45, 7) is 4.02. The largest absolute Gasteiger partial charge is 0.341 e. The quantitative estimate of drug-likeness (QED) is 0.646. The van der Waals surface area contributed by atoms with Gasteiger partial charge in [-0.2, -0.15) is 0 Å². The molecular formula is C9H12ClN3. The zero-order valence-electron chi connectivity index (χ0n) is 7.63. The molecule has 1 aliphatic rings. The Morgan fingerprint density at radius 2 is 2.08 bits per heavy atom. The van der Waals surface area contributed by atoms with Crippen LogP contribution in [0.1, 0.15) is 18.4 Å². The minimum absolute atomic E-state index is 0.567. The predicted molar refractivity (Wildman–Crippen MR) is 53.2 cm³/mol. The van der Waals surface area contributed by atoms with Gasteiger partial charge in [-0.05, 0) is 19.8 Å². The lowest BCUT2D eigenvalue weighted by Gasteiger charge is -2.14. The summed E-state index contributed by atoms with van der Waals surface area (Å²) in [4.78, 5) is 10.7. The summed E-state index contributed by atoms with van der Waals surface area (Å²) in [6.07, 6.45) is 4.24. The first-order valence-electron chi connectivity index (χ1n) is 4.51. The van der Waals surface area contributed by atoms with Crippen molar-refractivity contribution in [1.82, 2.24) is 9.97 Å². The molecule has 0 radical (unpaired) electrons. The summed E-state index contributed by atoms with van der Waals surface area (Å²) in [5, 5.41) is 0.567. The molecule has 4 heteroatoms. The number of hydrogen-bond donors (Lipinski definition) is 0. The predicted octanol–water partition coefficient (Wildman–Crippen LogP) is 2.04. The standard InChI is InChI=1S/C9H12ClN3/c1-7-6-11-9(12-8(7)10)13-4-2-3-5-13/h6H,2-5H2,1H3. The zero-order valence-corrected chi connectivity index (χ0v) is 8.38. The number of halogens is 1. The molecule has 0 bridgehead atoms. The van der Waals surface area contributed by atoms with Gasteiger partial charge in [0.25, 0.3) is 0 Å². The number of anilines is 1. The number of rotatable bonds is 1. The SMILES string of the molecule is Cc1cnc(N2CCCC2)nc1Cl. The molecule has 0 unspecified atom stereocenters. The normalized spacial score (nSPS) is 16.6. The Labute approximate surface area is 82.8 Å². The molecule has 2 rings (SSSR count). The fourth-order valence-electron chi connectivity index (χ4n) is 1.48. The summed E-state index contributed by atoms with van der Waals surface area (Å²) in [6, 6.07) is 0. The first-order chi connectivity index (χ1) is 6.27. The van der Waals surface area contributed by atoms with E-state index in [0.717, 1.165) is 24.6 Å². The molecule has 0 amide bonds. The third kappa shape index (κ3) is 1.75. The molecule has 3 nitrogen and oxygen atoms in total. The van der Waals surface area contributed by atoms with Gasteiger partial charge in [-0.1, -0.05) is 11.6 Å². The lowest BCUT2D eigenvalue weighted by molar-refractivity contribution is 0.894. The maximum absolute atomic E-state index is 5.91. The van der Waals surface area contributed by atoms with Crippen molar-refractivity contribution < 1.29 is 0 Å². The van der Waals surface area contributed by atoms with Gasteiger partial charge in [0.15, 0.2) is 0 Å². The second-order valence-corrected chi connectivity index (χ2v) is 3.70. The molecule has 1 fully saturated rings. The van der Waals surface area contributed by atoms with E-state index in [4.69, 9.17) is 11.6 Å². The maximum Gasteiger partial charge on any atom is 0.226 e. The van der Waals surface area contributed by atoms with E-state index in [1.54, 1.807) is 6.20 Å². The second-order valence-electron chi connectivity index (χ2n) is 3.34. The van der Waals surface area contributed by atoms with Crippen molar-refractivity contribution in [2.75, 3.05) is 18.0 Å². The van der Waals surface area contributed by atoms with E-state index >= 15 is 0 Å². The van der Waals surface area contributed by atoms with Crippen LogP contribution in [0.4, 0.5) is 5.95 Å². The van der Waals surface area contributed by atoms with E-state index in [2.05, 4.69) is 14.9 Å². The van der Waals surface area contributed by atoms with Crippen molar-refractivity contribution >= 4 is 17.5 Å². The van der Waals surface area contributed by atoms with Crippen LogP contribution in [0, 0.1) is 6.92 Å². The van der Waals surface area contributed by atoms with Crippen LogP contribution in [0.25, 0.3) is 0 Å². The van der Waals surface area contributed by atoms with Crippen LogP contribution in [-0.2, 0) is 0 Å². The molecule has 0 atom stereocenters. The highest BCUT2D eigenvalue weighted by Gasteiger charge is 2.15. The molecule has 0 saturated carbocycles. The van der Waals surface area contributed by atoms with Gasteiger partial charge in [0.1, 0.15) is 5.15 Å². The Morgan fingerprint density at radius 1 is 1.38 bits per heavy atom. The molecule has 1 saturated heterocycles. The molecule has 0 spiro atoms. The van der Waals surface area contributed by atoms with Crippen molar-refractivity contribution in [2.45, 2.75) is 19.8 Å². The van der Waals surface area contributed by atoms with Gasteiger partial charge >= 0.3 is 0 Å². The highest BCUT2D eigenvalue weighted by Crippen LogP contribution is 2.18. The lowest BCUT2D eigenvalue weighted by atomic mass is 10.4. The van der Waals surface area contributed by atoms with Crippen LogP contribution in [0.2, 0.25) is 5.15 Å². The van der Waals surface area contributed by atoms with Gasteiger partial charge in [0, 0.05) is 24.8 Å². The Hall–Kier alpha value is -0.830. The molecule has 2 heterocycles. The van der Waals surface area contributed by atoms with Crippen LogP contribution in [0.5, 0.6) is 0 Å². The van der Waals surface area contributed by atoms with Gasteiger partial charge in [0.2, 0.25) is 5.95 Å². The van der Waals surface area contributed by atoms with E-state index in [0.29, 0.717) is 5.15 Å². The van der Waals surface area contributed by atoms with Crippen LogP contribution >= 0.6 is 11.6 Å². The van der Waals surface area contributed by atoms with E-state index in [9.17, 15) is 0 Å². The zero-order chi connectivity index (χ0) is 9.26. The van der Waals surface area contributed by atoms with Crippen LogP contribution in [0.3, 0.4) is 0 Å². The topological polar surface area (TPSA) is 29.0 Å². The third-order valence-electron chi connectivity index (χ3n) is 2.29. The fraction of sp³-hybridized carbons (Fsp3) is 0.556. The van der Waals surface area contributed by atoms with Crippen molar-refractivity contribution in [3.8, 4) is 0 Å². The van der Waals surface area contributed by atoms with Crippen molar-refractivity contribution in [1.29, 1.82) is 0 Å². The van der Waals surface area contributed by atoms with Crippen LogP contribution in [0.15, 0.2) is 6.20 Å². The number of hydrogen-bond acceptors (Lipinski definition) is 3. The monoisotopic (exact) mass is 197 g/mol. The van der Waals surface area contributed by atoms with Crippen molar-refractivity contribution in [3.05, 3.63) is 16.9 Å².